The van der Waals surface area contributed by atoms with Crippen LogP contribution in [0.2, 0.25) is 0 Å². The third kappa shape index (κ3) is 3.33. The van der Waals surface area contributed by atoms with Gasteiger partial charge in [-0.15, -0.1) is 0 Å². The van der Waals surface area contributed by atoms with E-state index >= 15 is 0 Å². The summed E-state index contributed by atoms with van der Waals surface area (Å²) in [6, 6.07) is 0. The molecule has 0 spiro atoms. The molecular formula is C16H28N2O2. The first-order chi connectivity index (χ1) is 9.67. The highest BCUT2D eigenvalue weighted by molar-refractivity contribution is 5.81. The number of rotatable bonds is 4. The Morgan fingerprint density at radius 2 is 1.45 bits per heavy atom. The Hall–Kier alpha value is -1.06. The van der Waals surface area contributed by atoms with Gasteiger partial charge in [0.05, 0.1) is 0 Å². The van der Waals surface area contributed by atoms with Crippen LogP contribution in [0.3, 0.4) is 0 Å². The van der Waals surface area contributed by atoms with Crippen molar-refractivity contribution in [2.45, 2.75) is 52.4 Å². The fraction of sp³-hybridized carbons (Fsp3) is 0.875. The summed E-state index contributed by atoms with van der Waals surface area (Å²) in [5, 5.41) is 0. The van der Waals surface area contributed by atoms with Crippen LogP contribution in [0.25, 0.3) is 0 Å². The van der Waals surface area contributed by atoms with Crippen molar-refractivity contribution < 1.29 is 9.59 Å². The highest BCUT2D eigenvalue weighted by atomic mass is 16.2. The Morgan fingerprint density at radius 1 is 0.950 bits per heavy atom. The maximum Gasteiger partial charge on any atom is 0.225 e. The zero-order chi connectivity index (χ0) is 14.5. The number of hydrogen-bond donors (Lipinski definition) is 0. The van der Waals surface area contributed by atoms with Gasteiger partial charge in [-0.25, -0.2) is 0 Å². The van der Waals surface area contributed by atoms with Gasteiger partial charge in [0.2, 0.25) is 11.8 Å². The maximum atomic E-state index is 12.4. The molecule has 0 N–H and O–H groups in total. The zero-order valence-electron chi connectivity index (χ0n) is 12.9. The van der Waals surface area contributed by atoms with Crippen LogP contribution < -0.4 is 0 Å². The summed E-state index contributed by atoms with van der Waals surface area (Å²) in [5.74, 6) is 0.963. The first kappa shape index (κ1) is 15.3. The van der Waals surface area contributed by atoms with Crippen molar-refractivity contribution in [1.82, 2.24) is 9.80 Å². The van der Waals surface area contributed by atoms with E-state index in [1.165, 1.54) is 0 Å². The molecule has 4 heteroatoms. The molecule has 0 bridgehead atoms. The van der Waals surface area contributed by atoms with Crippen LogP contribution in [0.4, 0.5) is 0 Å². The highest BCUT2D eigenvalue weighted by Crippen LogP contribution is 2.32. The number of likely N-dealkylation sites (tertiary alicyclic amines) is 1. The zero-order valence-corrected chi connectivity index (χ0v) is 12.9. The molecule has 1 heterocycles. The normalized spacial score (nSPS) is 26.6. The molecule has 114 valence electrons. The van der Waals surface area contributed by atoms with Gasteiger partial charge in [0.15, 0.2) is 0 Å². The van der Waals surface area contributed by atoms with E-state index in [0.29, 0.717) is 11.8 Å². The minimum atomic E-state index is 0.150. The van der Waals surface area contributed by atoms with E-state index in [4.69, 9.17) is 0 Å². The van der Waals surface area contributed by atoms with Crippen molar-refractivity contribution in [3.8, 4) is 0 Å². The number of carbonyl (C=O) groups is 2. The van der Waals surface area contributed by atoms with E-state index in [2.05, 4.69) is 0 Å². The van der Waals surface area contributed by atoms with E-state index in [0.717, 1.165) is 64.7 Å². The molecule has 0 aromatic rings. The highest BCUT2D eigenvalue weighted by Gasteiger charge is 2.33. The van der Waals surface area contributed by atoms with E-state index in [1.807, 2.05) is 23.6 Å². The second kappa shape index (κ2) is 7.09. The molecule has 2 aliphatic rings. The molecule has 0 aromatic carbocycles. The van der Waals surface area contributed by atoms with Crippen molar-refractivity contribution in [3.63, 3.8) is 0 Å². The lowest BCUT2D eigenvalue weighted by Gasteiger charge is -2.32. The molecule has 2 fully saturated rings. The average molecular weight is 280 g/mol. The summed E-state index contributed by atoms with van der Waals surface area (Å²) in [5.41, 5.74) is 0. The molecule has 0 radical (unpaired) electrons. The van der Waals surface area contributed by atoms with Crippen LogP contribution in [0, 0.1) is 11.8 Å². The molecule has 2 rings (SSSR count). The first-order valence-electron chi connectivity index (χ1n) is 8.24. The lowest BCUT2D eigenvalue weighted by atomic mass is 9.80. The molecule has 4 nitrogen and oxygen atoms in total. The van der Waals surface area contributed by atoms with Crippen molar-refractivity contribution in [3.05, 3.63) is 0 Å². The molecule has 20 heavy (non-hydrogen) atoms. The van der Waals surface area contributed by atoms with Gasteiger partial charge in [-0.2, -0.15) is 0 Å². The van der Waals surface area contributed by atoms with Crippen LogP contribution in [-0.4, -0.2) is 47.8 Å². The van der Waals surface area contributed by atoms with Gasteiger partial charge in [0.1, 0.15) is 0 Å². The minimum absolute atomic E-state index is 0.150. The summed E-state index contributed by atoms with van der Waals surface area (Å²) < 4.78 is 0. The third-order valence-corrected chi connectivity index (χ3v) is 4.92. The van der Waals surface area contributed by atoms with Crippen LogP contribution >= 0.6 is 0 Å². The van der Waals surface area contributed by atoms with Gasteiger partial charge < -0.3 is 9.80 Å². The predicted molar refractivity (Wildman–Crippen MR) is 79.2 cm³/mol. The lowest BCUT2D eigenvalue weighted by Crippen LogP contribution is -2.40. The van der Waals surface area contributed by atoms with Gasteiger partial charge in [-0.05, 0) is 52.4 Å². The number of hydrogen-bond acceptors (Lipinski definition) is 2. The van der Waals surface area contributed by atoms with Gasteiger partial charge >= 0.3 is 0 Å². The predicted octanol–water partition coefficient (Wildman–Crippen LogP) is 2.28. The molecule has 0 unspecified atom stereocenters. The van der Waals surface area contributed by atoms with Gasteiger partial charge in [-0.1, -0.05) is 0 Å². The quantitative estimate of drug-likeness (QED) is 0.792. The molecule has 1 saturated carbocycles. The van der Waals surface area contributed by atoms with Gasteiger partial charge in [-0.3, -0.25) is 9.59 Å². The molecule has 0 aromatic heterocycles. The second-order valence-corrected chi connectivity index (χ2v) is 6.09. The minimum Gasteiger partial charge on any atom is -0.343 e. The molecule has 1 aliphatic carbocycles. The van der Waals surface area contributed by atoms with Crippen molar-refractivity contribution in [2.75, 3.05) is 26.2 Å². The Bertz CT molecular complexity index is 316. The fourth-order valence-electron chi connectivity index (χ4n) is 3.58. The first-order valence-corrected chi connectivity index (χ1v) is 8.24. The van der Waals surface area contributed by atoms with Crippen LogP contribution in [0.1, 0.15) is 52.4 Å². The number of carbonyl (C=O) groups excluding carboxylic acids is 2. The number of nitrogens with zero attached hydrogens (tertiary/aromatic N) is 2. The fourth-order valence-corrected chi connectivity index (χ4v) is 3.58. The van der Waals surface area contributed by atoms with Crippen molar-refractivity contribution in [1.29, 1.82) is 0 Å². The molecular weight excluding hydrogens is 252 g/mol. The Morgan fingerprint density at radius 3 is 1.95 bits per heavy atom. The molecule has 1 saturated heterocycles. The van der Waals surface area contributed by atoms with Gasteiger partial charge in [0, 0.05) is 38.0 Å². The standard InChI is InChI=1S/C16H28N2O2/c1-3-17(4-2)15(19)13-7-9-14(10-8-13)16(20)18-11-5-6-12-18/h13-14H,3-12H2,1-2H3. The topological polar surface area (TPSA) is 40.6 Å². The Labute approximate surface area is 122 Å². The number of amides is 2. The molecule has 2 amide bonds. The monoisotopic (exact) mass is 280 g/mol. The summed E-state index contributed by atoms with van der Waals surface area (Å²) >= 11 is 0. The average Bonchev–Trinajstić information content (AvgIpc) is 3.02. The van der Waals surface area contributed by atoms with E-state index in [-0.39, 0.29) is 11.8 Å². The van der Waals surface area contributed by atoms with Crippen LogP contribution in [0.15, 0.2) is 0 Å². The smallest absolute Gasteiger partial charge is 0.225 e. The molecule has 1 aliphatic heterocycles. The second-order valence-electron chi connectivity index (χ2n) is 6.09. The van der Waals surface area contributed by atoms with Crippen molar-refractivity contribution >= 4 is 11.8 Å². The van der Waals surface area contributed by atoms with Gasteiger partial charge in [0.25, 0.3) is 0 Å². The SMILES string of the molecule is CCN(CC)C(=O)C1CCC(C(=O)N2CCCC2)CC1. The van der Waals surface area contributed by atoms with E-state index < -0.39 is 0 Å². The lowest BCUT2D eigenvalue weighted by molar-refractivity contribution is -0.140. The third-order valence-electron chi connectivity index (χ3n) is 4.92. The largest absolute Gasteiger partial charge is 0.343 e. The summed E-state index contributed by atoms with van der Waals surface area (Å²) in [7, 11) is 0. The van der Waals surface area contributed by atoms with Crippen molar-refractivity contribution in [2.24, 2.45) is 11.8 Å². The maximum absolute atomic E-state index is 12.4. The van der Waals surface area contributed by atoms with Crippen LogP contribution in [-0.2, 0) is 9.59 Å². The summed E-state index contributed by atoms with van der Waals surface area (Å²) in [6.07, 6.45) is 5.88. The van der Waals surface area contributed by atoms with Crippen LogP contribution in [0.5, 0.6) is 0 Å². The summed E-state index contributed by atoms with van der Waals surface area (Å²) in [6.45, 7) is 7.53. The van der Waals surface area contributed by atoms with E-state index in [1.54, 1.807) is 0 Å². The van der Waals surface area contributed by atoms with E-state index in [9.17, 15) is 9.59 Å². The summed E-state index contributed by atoms with van der Waals surface area (Å²) in [4.78, 5) is 28.6. The molecule has 0 atom stereocenters. The Balaban J connectivity index is 1.82. The Kier molecular flexibility index (Phi) is 5.44.